The van der Waals surface area contributed by atoms with E-state index in [4.69, 9.17) is 0 Å². The van der Waals surface area contributed by atoms with Gasteiger partial charge in [-0.25, -0.2) is 0 Å². The van der Waals surface area contributed by atoms with E-state index in [2.05, 4.69) is 16.8 Å². The number of likely N-dealkylation sites (tertiary alicyclic amines) is 1. The average molecular weight is 344 g/mol. The Bertz CT molecular complexity index is 537. The summed E-state index contributed by atoms with van der Waals surface area (Å²) in [4.78, 5) is 13.7. The molecule has 0 spiro atoms. The van der Waals surface area contributed by atoms with Gasteiger partial charge in [-0.05, 0) is 48.4 Å². The van der Waals surface area contributed by atoms with Crippen LogP contribution < -0.4 is 5.32 Å². The van der Waals surface area contributed by atoms with E-state index in [-0.39, 0.29) is 28.6 Å². The van der Waals surface area contributed by atoms with Gasteiger partial charge in [-0.3, -0.25) is 9.69 Å². The lowest BCUT2D eigenvalue weighted by molar-refractivity contribution is -0.117. The molecular formula is C16H19F3N2OS. The Labute approximate surface area is 137 Å². The highest BCUT2D eigenvalue weighted by Gasteiger charge is 2.29. The molecule has 2 rings (SSSR count). The number of nitrogens with zero attached hydrogens (tertiary/aromatic N) is 1. The molecule has 1 N–H and O–H groups in total. The molecule has 1 heterocycles. The summed E-state index contributed by atoms with van der Waals surface area (Å²) in [6.07, 6.45) is 3.00. The maximum absolute atomic E-state index is 12.3. The fraction of sp³-hybridized carbons (Fsp3) is 0.438. The number of rotatable bonds is 5. The van der Waals surface area contributed by atoms with Crippen molar-refractivity contribution in [2.45, 2.75) is 35.8 Å². The topological polar surface area (TPSA) is 32.3 Å². The Morgan fingerprint density at radius 3 is 2.43 bits per heavy atom. The summed E-state index contributed by atoms with van der Waals surface area (Å²) >= 11 is -0.0983. The van der Waals surface area contributed by atoms with Crippen LogP contribution in [0.1, 0.15) is 18.4 Å². The first-order chi connectivity index (χ1) is 10.9. The SMILES string of the molecule is C=CC(=O)NC1CCN(Cc2ccc(SC(F)(F)F)cc2)CC1. The van der Waals surface area contributed by atoms with Gasteiger partial charge < -0.3 is 5.32 Å². The van der Waals surface area contributed by atoms with E-state index in [0.29, 0.717) is 6.54 Å². The highest BCUT2D eigenvalue weighted by atomic mass is 32.2. The molecule has 0 radical (unpaired) electrons. The van der Waals surface area contributed by atoms with Gasteiger partial charge in [-0.15, -0.1) is 0 Å². The highest BCUT2D eigenvalue weighted by molar-refractivity contribution is 8.00. The first-order valence-electron chi connectivity index (χ1n) is 7.36. The zero-order valence-electron chi connectivity index (χ0n) is 12.6. The molecule has 1 aromatic rings. The van der Waals surface area contributed by atoms with Crippen LogP contribution in [0.5, 0.6) is 0 Å². The van der Waals surface area contributed by atoms with E-state index >= 15 is 0 Å². The maximum atomic E-state index is 12.3. The Balaban J connectivity index is 1.80. The van der Waals surface area contributed by atoms with E-state index in [1.807, 2.05) is 0 Å². The average Bonchev–Trinajstić information content (AvgIpc) is 2.49. The Morgan fingerprint density at radius 2 is 1.91 bits per heavy atom. The molecule has 1 amide bonds. The molecule has 126 valence electrons. The number of carbonyl (C=O) groups excluding carboxylic acids is 1. The van der Waals surface area contributed by atoms with E-state index in [0.717, 1.165) is 31.5 Å². The zero-order chi connectivity index (χ0) is 16.9. The second-order valence-electron chi connectivity index (χ2n) is 5.45. The fourth-order valence-electron chi connectivity index (χ4n) is 2.55. The molecule has 0 aliphatic carbocycles. The van der Waals surface area contributed by atoms with E-state index in [1.54, 1.807) is 12.1 Å². The van der Waals surface area contributed by atoms with Crippen molar-refractivity contribution in [3.05, 3.63) is 42.5 Å². The molecular weight excluding hydrogens is 325 g/mol. The van der Waals surface area contributed by atoms with Gasteiger partial charge in [-0.1, -0.05) is 18.7 Å². The van der Waals surface area contributed by atoms with Gasteiger partial charge in [0.1, 0.15) is 0 Å². The molecule has 0 bridgehead atoms. The first kappa shape index (κ1) is 17.9. The number of carbonyl (C=O) groups is 1. The molecule has 1 aromatic carbocycles. The van der Waals surface area contributed by atoms with Gasteiger partial charge in [0, 0.05) is 30.6 Å². The maximum Gasteiger partial charge on any atom is 0.446 e. The second-order valence-corrected chi connectivity index (χ2v) is 6.59. The number of nitrogens with one attached hydrogen (secondary N) is 1. The number of amides is 1. The summed E-state index contributed by atoms with van der Waals surface area (Å²) < 4.78 is 36.9. The van der Waals surface area contributed by atoms with Crippen LogP contribution in [0.4, 0.5) is 13.2 Å². The van der Waals surface area contributed by atoms with E-state index < -0.39 is 5.51 Å². The van der Waals surface area contributed by atoms with Crippen molar-refractivity contribution in [2.75, 3.05) is 13.1 Å². The van der Waals surface area contributed by atoms with Crippen molar-refractivity contribution in [3.8, 4) is 0 Å². The molecule has 23 heavy (non-hydrogen) atoms. The predicted molar refractivity (Wildman–Crippen MR) is 85.0 cm³/mol. The van der Waals surface area contributed by atoms with Gasteiger partial charge in [0.25, 0.3) is 0 Å². The summed E-state index contributed by atoms with van der Waals surface area (Å²) in [7, 11) is 0. The van der Waals surface area contributed by atoms with Crippen molar-refractivity contribution in [1.29, 1.82) is 0 Å². The summed E-state index contributed by atoms with van der Waals surface area (Å²) in [6, 6.07) is 6.65. The molecule has 1 fully saturated rings. The van der Waals surface area contributed by atoms with E-state index in [9.17, 15) is 18.0 Å². The van der Waals surface area contributed by atoms with Crippen molar-refractivity contribution in [3.63, 3.8) is 0 Å². The minimum absolute atomic E-state index is 0.0983. The molecule has 0 aromatic heterocycles. The zero-order valence-corrected chi connectivity index (χ0v) is 13.4. The summed E-state index contributed by atoms with van der Waals surface area (Å²) in [5, 5.41) is 2.89. The number of thioether (sulfide) groups is 1. The highest BCUT2D eigenvalue weighted by Crippen LogP contribution is 2.36. The number of hydrogen-bond donors (Lipinski definition) is 1. The molecule has 3 nitrogen and oxygen atoms in total. The van der Waals surface area contributed by atoms with Crippen molar-refractivity contribution < 1.29 is 18.0 Å². The lowest BCUT2D eigenvalue weighted by Crippen LogP contribution is -2.43. The normalized spacial score (nSPS) is 17.0. The van der Waals surface area contributed by atoms with Crippen LogP contribution >= 0.6 is 11.8 Å². The number of alkyl halides is 3. The van der Waals surface area contributed by atoms with Crippen molar-refractivity contribution in [2.24, 2.45) is 0 Å². The van der Waals surface area contributed by atoms with Gasteiger partial charge in [0.15, 0.2) is 0 Å². The van der Waals surface area contributed by atoms with Gasteiger partial charge >= 0.3 is 5.51 Å². The quantitative estimate of drug-likeness (QED) is 0.655. The van der Waals surface area contributed by atoms with Crippen LogP contribution in [0.25, 0.3) is 0 Å². The Hall–Kier alpha value is -1.47. The molecule has 1 aliphatic heterocycles. The summed E-state index contributed by atoms with van der Waals surface area (Å²) in [5.41, 5.74) is -3.26. The third kappa shape index (κ3) is 6.27. The lowest BCUT2D eigenvalue weighted by Gasteiger charge is -2.32. The van der Waals surface area contributed by atoms with Crippen LogP contribution in [-0.4, -0.2) is 35.4 Å². The first-order valence-corrected chi connectivity index (χ1v) is 8.17. The monoisotopic (exact) mass is 344 g/mol. The van der Waals surface area contributed by atoms with E-state index in [1.165, 1.54) is 18.2 Å². The van der Waals surface area contributed by atoms with Crippen LogP contribution in [0, 0.1) is 0 Å². The number of halogens is 3. The minimum atomic E-state index is -4.25. The van der Waals surface area contributed by atoms with Gasteiger partial charge in [0.2, 0.25) is 5.91 Å². The third-order valence-corrected chi connectivity index (χ3v) is 4.42. The molecule has 0 saturated carbocycles. The number of benzene rings is 1. The van der Waals surface area contributed by atoms with Crippen LogP contribution in [-0.2, 0) is 11.3 Å². The van der Waals surface area contributed by atoms with Crippen molar-refractivity contribution in [1.82, 2.24) is 10.2 Å². The molecule has 0 atom stereocenters. The lowest BCUT2D eigenvalue weighted by atomic mass is 10.0. The standard InChI is InChI=1S/C16H19F3N2OS/c1-2-15(22)20-13-7-9-21(10-8-13)11-12-3-5-14(6-4-12)23-16(17,18)19/h2-6,13H,1,7-11H2,(H,20,22). The van der Waals surface area contributed by atoms with Crippen LogP contribution in [0.15, 0.2) is 41.8 Å². The smallest absolute Gasteiger partial charge is 0.350 e. The van der Waals surface area contributed by atoms with Gasteiger partial charge in [0.05, 0.1) is 0 Å². The fourth-order valence-corrected chi connectivity index (χ4v) is 3.09. The molecule has 0 unspecified atom stereocenters. The predicted octanol–water partition coefficient (Wildman–Crippen LogP) is 3.57. The van der Waals surface area contributed by atoms with Crippen LogP contribution in [0.3, 0.4) is 0 Å². The molecule has 1 aliphatic rings. The molecule has 7 heteroatoms. The number of hydrogen-bond acceptors (Lipinski definition) is 3. The van der Waals surface area contributed by atoms with Crippen molar-refractivity contribution >= 4 is 17.7 Å². The Kier molecular flexibility index (Phi) is 6.12. The Morgan fingerprint density at radius 1 is 1.30 bits per heavy atom. The number of piperidine rings is 1. The molecule has 1 saturated heterocycles. The third-order valence-electron chi connectivity index (χ3n) is 3.68. The second kappa shape index (κ2) is 7.88. The summed E-state index contributed by atoms with van der Waals surface area (Å²) in [6.45, 7) is 5.84. The minimum Gasteiger partial charge on any atom is -0.350 e. The van der Waals surface area contributed by atoms with Crippen LogP contribution in [0.2, 0.25) is 0 Å². The van der Waals surface area contributed by atoms with Gasteiger partial charge in [-0.2, -0.15) is 13.2 Å². The largest absolute Gasteiger partial charge is 0.446 e. The summed E-state index contributed by atoms with van der Waals surface area (Å²) in [5.74, 6) is -0.152.